The lowest BCUT2D eigenvalue weighted by molar-refractivity contribution is 0.198. The first-order valence-corrected chi connectivity index (χ1v) is 3.76. The van der Waals surface area contributed by atoms with Gasteiger partial charge < -0.3 is 10.2 Å². The van der Waals surface area contributed by atoms with Crippen LogP contribution in [0.25, 0.3) is 0 Å². The monoisotopic (exact) mass is 190 g/mol. The van der Waals surface area contributed by atoms with Crippen LogP contribution in [0.1, 0.15) is 18.6 Å². The summed E-state index contributed by atoms with van der Waals surface area (Å²) in [5, 5.41) is 17.9. The Hall–Kier alpha value is -0.800. The van der Waals surface area contributed by atoms with Crippen LogP contribution in [0.2, 0.25) is 5.02 Å². The van der Waals surface area contributed by atoms with Crippen molar-refractivity contribution in [1.82, 2.24) is 0 Å². The fourth-order valence-electron chi connectivity index (χ4n) is 0.826. The van der Waals surface area contributed by atoms with E-state index in [9.17, 15) is 4.39 Å². The van der Waals surface area contributed by atoms with Crippen LogP contribution in [-0.4, -0.2) is 10.2 Å². The lowest BCUT2D eigenvalue weighted by atomic mass is 10.1. The minimum absolute atomic E-state index is 0.0918. The van der Waals surface area contributed by atoms with Crippen molar-refractivity contribution in [3.63, 3.8) is 0 Å². The minimum Gasteiger partial charge on any atom is -0.504 e. The molecular weight excluding hydrogens is 183 g/mol. The number of phenolic OH excluding ortho intramolecular Hbond substituents is 1. The molecular formula is C8H8ClFO2. The van der Waals surface area contributed by atoms with Crippen molar-refractivity contribution in [2.24, 2.45) is 0 Å². The first-order valence-electron chi connectivity index (χ1n) is 3.38. The van der Waals surface area contributed by atoms with Crippen molar-refractivity contribution in [2.45, 2.75) is 13.0 Å². The van der Waals surface area contributed by atoms with Gasteiger partial charge in [0.15, 0.2) is 11.6 Å². The van der Waals surface area contributed by atoms with Crippen molar-refractivity contribution in [3.8, 4) is 5.75 Å². The van der Waals surface area contributed by atoms with E-state index in [1.165, 1.54) is 13.0 Å². The van der Waals surface area contributed by atoms with Gasteiger partial charge in [0.05, 0.1) is 11.1 Å². The van der Waals surface area contributed by atoms with Crippen molar-refractivity contribution < 1.29 is 14.6 Å². The van der Waals surface area contributed by atoms with E-state index < -0.39 is 17.7 Å². The number of hydrogen-bond donors (Lipinski definition) is 2. The molecule has 1 rings (SSSR count). The number of aliphatic hydroxyl groups excluding tert-OH is 1. The molecule has 0 saturated carbocycles. The fraction of sp³-hybridized carbons (Fsp3) is 0.250. The van der Waals surface area contributed by atoms with Crippen molar-refractivity contribution >= 4 is 11.6 Å². The summed E-state index contributed by atoms with van der Waals surface area (Å²) in [6.45, 7) is 1.49. The summed E-state index contributed by atoms with van der Waals surface area (Å²) in [4.78, 5) is 0. The number of aromatic hydroxyl groups is 1. The highest BCUT2D eigenvalue weighted by molar-refractivity contribution is 6.32. The summed E-state index contributed by atoms with van der Waals surface area (Å²) in [6.07, 6.45) is -0.794. The molecule has 2 N–H and O–H groups in total. The van der Waals surface area contributed by atoms with E-state index in [0.29, 0.717) is 5.56 Å². The lowest BCUT2D eigenvalue weighted by Crippen LogP contribution is -1.92. The Kier molecular flexibility index (Phi) is 2.55. The number of halogens is 2. The molecule has 0 heterocycles. The minimum atomic E-state index is -0.821. The Labute approximate surface area is 74.2 Å². The van der Waals surface area contributed by atoms with Gasteiger partial charge >= 0.3 is 0 Å². The number of hydrogen-bond acceptors (Lipinski definition) is 2. The van der Waals surface area contributed by atoms with Crippen LogP contribution in [-0.2, 0) is 0 Å². The maximum atomic E-state index is 12.8. The second-order valence-corrected chi connectivity index (χ2v) is 2.92. The molecule has 4 heteroatoms. The van der Waals surface area contributed by atoms with Gasteiger partial charge in [-0.1, -0.05) is 11.6 Å². The molecule has 0 aromatic heterocycles. The molecule has 66 valence electrons. The van der Waals surface area contributed by atoms with Crippen LogP contribution in [0.4, 0.5) is 4.39 Å². The van der Waals surface area contributed by atoms with Crippen LogP contribution in [0.5, 0.6) is 5.75 Å². The average molecular weight is 191 g/mol. The lowest BCUT2D eigenvalue weighted by Gasteiger charge is -2.06. The molecule has 0 bridgehead atoms. The predicted molar refractivity (Wildman–Crippen MR) is 43.7 cm³/mol. The molecule has 0 spiro atoms. The standard InChI is InChI=1S/C8H8ClFO2/c1-4(11)5-2-6(9)8(12)7(10)3-5/h2-4,11-12H,1H3. The SMILES string of the molecule is CC(O)c1cc(F)c(O)c(Cl)c1. The Morgan fingerprint density at radius 2 is 2.08 bits per heavy atom. The van der Waals surface area contributed by atoms with Crippen LogP contribution in [0.15, 0.2) is 12.1 Å². The summed E-state index contributed by atoms with van der Waals surface area (Å²) in [6, 6.07) is 2.37. The molecule has 0 aliphatic carbocycles. The molecule has 12 heavy (non-hydrogen) atoms. The van der Waals surface area contributed by atoms with E-state index in [2.05, 4.69) is 0 Å². The van der Waals surface area contributed by atoms with E-state index in [-0.39, 0.29) is 5.02 Å². The summed E-state index contributed by atoms with van der Waals surface area (Å²) < 4.78 is 12.8. The van der Waals surface area contributed by atoms with Crippen LogP contribution < -0.4 is 0 Å². The molecule has 1 unspecified atom stereocenters. The number of benzene rings is 1. The summed E-state index contributed by atoms with van der Waals surface area (Å²) in [7, 11) is 0. The van der Waals surface area contributed by atoms with Crippen molar-refractivity contribution in [1.29, 1.82) is 0 Å². The zero-order valence-corrected chi connectivity index (χ0v) is 7.14. The third kappa shape index (κ3) is 1.68. The van der Waals surface area contributed by atoms with Crippen LogP contribution >= 0.6 is 11.6 Å². The van der Waals surface area contributed by atoms with E-state index in [1.54, 1.807) is 0 Å². The topological polar surface area (TPSA) is 40.5 Å². The highest BCUT2D eigenvalue weighted by Gasteiger charge is 2.10. The highest BCUT2D eigenvalue weighted by atomic mass is 35.5. The van der Waals surface area contributed by atoms with E-state index in [1.807, 2.05) is 0 Å². The highest BCUT2D eigenvalue weighted by Crippen LogP contribution is 2.29. The van der Waals surface area contributed by atoms with Gasteiger partial charge in [-0.3, -0.25) is 0 Å². The number of phenols is 1. The zero-order chi connectivity index (χ0) is 9.30. The fourth-order valence-corrected chi connectivity index (χ4v) is 1.04. The zero-order valence-electron chi connectivity index (χ0n) is 6.38. The molecule has 1 aromatic carbocycles. The predicted octanol–water partition coefficient (Wildman–Crippen LogP) is 2.24. The maximum absolute atomic E-state index is 12.8. The third-order valence-electron chi connectivity index (χ3n) is 1.52. The second kappa shape index (κ2) is 3.29. The third-order valence-corrected chi connectivity index (χ3v) is 1.81. The van der Waals surface area contributed by atoms with Crippen LogP contribution in [0.3, 0.4) is 0 Å². The molecule has 0 aliphatic rings. The van der Waals surface area contributed by atoms with E-state index >= 15 is 0 Å². The molecule has 1 aromatic rings. The maximum Gasteiger partial charge on any atom is 0.170 e. The van der Waals surface area contributed by atoms with Crippen molar-refractivity contribution in [3.05, 3.63) is 28.5 Å². The van der Waals surface area contributed by atoms with E-state index in [4.69, 9.17) is 21.8 Å². The quantitative estimate of drug-likeness (QED) is 0.713. The second-order valence-electron chi connectivity index (χ2n) is 2.51. The van der Waals surface area contributed by atoms with Gasteiger partial charge in [-0.2, -0.15) is 0 Å². The molecule has 0 radical (unpaired) electrons. The van der Waals surface area contributed by atoms with Gasteiger partial charge in [0.2, 0.25) is 0 Å². The molecule has 0 amide bonds. The summed E-state index contributed by atoms with van der Waals surface area (Å²) >= 11 is 5.46. The molecule has 0 aliphatic heterocycles. The molecule has 0 fully saturated rings. The van der Waals surface area contributed by atoms with E-state index in [0.717, 1.165) is 6.07 Å². The largest absolute Gasteiger partial charge is 0.504 e. The number of aliphatic hydroxyl groups is 1. The van der Waals surface area contributed by atoms with Gasteiger partial charge in [-0.25, -0.2) is 4.39 Å². The van der Waals surface area contributed by atoms with Gasteiger partial charge in [-0.05, 0) is 24.6 Å². The smallest absolute Gasteiger partial charge is 0.170 e. The first-order chi connectivity index (χ1) is 5.52. The van der Waals surface area contributed by atoms with Crippen LogP contribution in [0, 0.1) is 5.82 Å². The summed E-state index contributed by atoms with van der Waals surface area (Å²) in [5.74, 6) is -1.40. The Balaban J connectivity index is 3.21. The molecule has 0 saturated heterocycles. The Morgan fingerprint density at radius 1 is 1.50 bits per heavy atom. The first kappa shape index (κ1) is 9.29. The molecule has 2 nitrogen and oxygen atoms in total. The van der Waals surface area contributed by atoms with Gasteiger partial charge in [0.25, 0.3) is 0 Å². The van der Waals surface area contributed by atoms with Crippen molar-refractivity contribution in [2.75, 3.05) is 0 Å². The average Bonchev–Trinajstić information content (AvgIpc) is 1.99. The summed E-state index contributed by atoms with van der Waals surface area (Å²) in [5.41, 5.74) is 0.343. The van der Waals surface area contributed by atoms with Gasteiger partial charge in [0.1, 0.15) is 0 Å². The Morgan fingerprint density at radius 3 is 2.50 bits per heavy atom. The number of rotatable bonds is 1. The Bertz CT molecular complexity index is 276. The van der Waals surface area contributed by atoms with Gasteiger partial charge in [-0.15, -0.1) is 0 Å². The van der Waals surface area contributed by atoms with Gasteiger partial charge in [0, 0.05) is 0 Å². The molecule has 1 atom stereocenters. The normalized spacial score (nSPS) is 13.0.